The van der Waals surface area contributed by atoms with Crippen LogP contribution in [0.25, 0.3) is 0 Å². The molecule has 0 spiro atoms. The quantitative estimate of drug-likeness (QED) is 0.171. The summed E-state index contributed by atoms with van der Waals surface area (Å²) in [6, 6.07) is 23.5. The second kappa shape index (κ2) is 17.2. The van der Waals surface area contributed by atoms with Gasteiger partial charge in [-0.25, -0.2) is 6.54 Å². The minimum absolute atomic E-state index is 0.207. The van der Waals surface area contributed by atoms with Crippen LogP contribution in [0.1, 0.15) is 135 Å². The van der Waals surface area contributed by atoms with Crippen LogP contribution in [0.5, 0.6) is 0 Å². The third kappa shape index (κ3) is 10.8. The summed E-state index contributed by atoms with van der Waals surface area (Å²) in [5, 5.41) is 0. The van der Waals surface area contributed by atoms with Gasteiger partial charge >= 0.3 is 73.4 Å². The Morgan fingerprint density at radius 2 is 1.15 bits per heavy atom. The summed E-state index contributed by atoms with van der Waals surface area (Å²) >= 11 is -1.61. The summed E-state index contributed by atoms with van der Waals surface area (Å²) in [4.78, 5) is 2.55. The van der Waals surface area contributed by atoms with Crippen LogP contribution in [-0.2, 0) is 39.2 Å². The number of nitrogens with zero attached hydrogens (tertiary/aromatic N) is 1. The van der Waals surface area contributed by atoms with Gasteiger partial charge in [0.25, 0.3) is 0 Å². The molecule has 1 aliphatic heterocycles. The van der Waals surface area contributed by atoms with Crippen LogP contribution in [-0.4, -0.2) is 10.1 Å². The predicted octanol–water partition coefficient (Wildman–Crippen LogP) is 13.3. The van der Waals surface area contributed by atoms with Gasteiger partial charge in [0.15, 0.2) is 0 Å². The molecule has 1 heterocycles. The molecule has 0 bridgehead atoms. The SMILES string of the molecule is CCc1cccc(CC)c1C1[CH-]C(C)(C)CC1(C)C.CCc1cccc(CC)c1N1[CH-]C(C)(C)CC1(C)C.[Cl][Ru]([Cl])=[CH]c1ccccc1. The molecule has 0 amide bonds. The van der Waals surface area contributed by atoms with Gasteiger partial charge in [0.2, 0.25) is 0 Å². The first-order valence-corrected chi connectivity index (χ1v) is 23.5. The first-order valence-electron chi connectivity index (χ1n) is 18.0. The van der Waals surface area contributed by atoms with E-state index < -0.39 is 13.5 Å². The second-order valence-electron chi connectivity index (χ2n) is 16.3. The molecule has 0 N–H and O–H groups in total. The van der Waals surface area contributed by atoms with Crippen molar-refractivity contribution in [2.24, 2.45) is 16.2 Å². The monoisotopic (exact) mass is 777 g/mol. The van der Waals surface area contributed by atoms with Crippen molar-refractivity contribution in [3.05, 3.63) is 113 Å². The van der Waals surface area contributed by atoms with Gasteiger partial charge < -0.3 is 11.3 Å². The van der Waals surface area contributed by atoms with Crippen molar-refractivity contribution in [1.82, 2.24) is 0 Å². The molecule has 1 saturated heterocycles. The Morgan fingerprint density at radius 3 is 1.52 bits per heavy atom. The van der Waals surface area contributed by atoms with E-state index in [2.05, 4.69) is 137 Å². The maximum atomic E-state index is 5.67. The van der Waals surface area contributed by atoms with Gasteiger partial charge in [-0.2, -0.15) is 5.41 Å². The van der Waals surface area contributed by atoms with E-state index in [1.807, 2.05) is 34.9 Å². The molecular weight excluding hydrogens is 714 g/mol. The fourth-order valence-corrected chi connectivity index (χ4v) is 10.3. The summed E-state index contributed by atoms with van der Waals surface area (Å²) in [5.74, 6) is 0.605. The number of rotatable bonds is 7. The Balaban J connectivity index is 0.000000205. The van der Waals surface area contributed by atoms with Gasteiger partial charge in [-0.15, -0.1) is 11.3 Å². The van der Waals surface area contributed by atoms with Crippen LogP contribution >= 0.6 is 19.4 Å². The molecule has 1 nitrogen and oxygen atoms in total. The van der Waals surface area contributed by atoms with Crippen molar-refractivity contribution in [1.29, 1.82) is 0 Å². The van der Waals surface area contributed by atoms with Crippen LogP contribution in [0.15, 0.2) is 66.7 Å². The van der Waals surface area contributed by atoms with E-state index in [1.54, 1.807) is 16.7 Å². The molecule has 0 radical (unpaired) electrons. The molecule has 4 heteroatoms. The number of benzene rings is 3. The maximum absolute atomic E-state index is 5.67. The van der Waals surface area contributed by atoms with E-state index >= 15 is 0 Å². The molecule has 1 aliphatic carbocycles. The molecule has 1 atom stereocenters. The van der Waals surface area contributed by atoms with Crippen molar-refractivity contribution >= 4 is 29.7 Å². The van der Waals surface area contributed by atoms with E-state index in [4.69, 9.17) is 19.4 Å². The number of hydrogen-bond acceptors (Lipinski definition) is 1. The van der Waals surface area contributed by atoms with E-state index in [-0.39, 0.29) is 11.0 Å². The zero-order valence-electron chi connectivity index (χ0n) is 32.0. The number of para-hydroxylation sites is 1. The number of halogens is 2. The number of anilines is 1. The Hall–Kier alpha value is -1.47. The normalized spacial score (nSPS) is 20.2. The van der Waals surface area contributed by atoms with Crippen molar-refractivity contribution in [3.63, 3.8) is 0 Å². The van der Waals surface area contributed by atoms with Gasteiger partial charge in [0, 0.05) is 11.2 Å². The van der Waals surface area contributed by atoms with Crippen molar-refractivity contribution in [3.8, 4) is 0 Å². The fraction of sp³-hybridized carbons (Fsp3) is 0.523. The van der Waals surface area contributed by atoms with Gasteiger partial charge in [0.1, 0.15) is 0 Å². The molecule has 2 fully saturated rings. The molecule has 5 rings (SSSR count). The molecule has 268 valence electrons. The Labute approximate surface area is 308 Å². The van der Waals surface area contributed by atoms with E-state index in [9.17, 15) is 0 Å². The van der Waals surface area contributed by atoms with Crippen LogP contribution < -0.4 is 4.90 Å². The standard InChI is InChI=1S/C19H29.C18H28N.C7H6.2ClH.Ru/c1-7-14-10-9-11-15(8-2)17(14)16-12-18(3,4)13-19(16,5)6;1-7-14-10-9-11-15(8-2)16(14)19-13-17(3,4)12-18(19,5)6;1-7-5-3-2-4-6-7;;;/h9-12,16H,7-8,13H2,1-6H3;9-11,13H,7-8,12H2,1-6H3;1-6H;2*1H;/q2*-1;;;;+2/p-2. The first-order chi connectivity index (χ1) is 22.4. The summed E-state index contributed by atoms with van der Waals surface area (Å²) in [6.45, 7) is 30.6. The van der Waals surface area contributed by atoms with Crippen LogP contribution in [0.4, 0.5) is 5.69 Å². The molecule has 1 saturated carbocycles. The predicted molar refractivity (Wildman–Crippen MR) is 212 cm³/mol. The molecule has 48 heavy (non-hydrogen) atoms. The topological polar surface area (TPSA) is 3.24 Å². The fourth-order valence-electron chi connectivity index (χ4n) is 8.45. The van der Waals surface area contributed by atoms with Gasteiger partial charge in [-0.1, -0.05) is 129 Å². The number of aryl methyl sites for hydroxylation is 4. The average molecular weight is 778 g/mol. The van der Waals surface area contributed by atoms with Gasteiger partial charge in [-0.3, -0.25) is 0 Å². The Morgan fingerprint density at radius 1 is 0.667 bits per heavy atom. The number of hydrogen-bond donors (Lipinski definition) is 0. The van der Waals surface area contributed by atoms with E-state index in [0.29, 0.717) is 16.7 Å². The van der Waals surface area contributed by atoms with Crippen LogP contribution in [0.2, 0.25) is 0 Å². The average Bonchev–Trinajstić information content (AvgIpc) is 3.39. The third-order valence-corrected chi connectivity index (χ3v) is 11.8. The molecule has 2 aliphatic rings. The second-order valence-corrected chi connectivity index (χ2v) is 22.0. The zero-order chi connectivity index (χ0) is 35.9. The van der Waals surface area contributed by atoms with Crippen molar-refractivity contribution in [2.45, 2.75) is 133 Å². The van der Waals surface area contributed by atoms with Gasteiger partial charge in [0.05, 0.1) is 0 Å². The van der Waals surface area contributed by atoms with Crippen LogP contribution in [0, 0.1) is 29.2 Å². The minimum atomic E-state index is -1.61. The summed E-state index contributed by atoms with van der Waals surface area (Å²) in [5.41, 5.74) is 11.5. The summed E-state index contributed by atoms with van der Waals surface area (Å²) in [7, 11) is 11.3. The Kier molecular flexibility index (Phi) is 14.6. The van der Waals surface area contributed by atoms with Gasteiger partial charge in [-0.05, 0) is 61.8 Å². The molecule has 1 unspecified atom stereocenters. The third-order valence-electron chi connectivity index (χ3n) is 9.95. The van der Waals surface area contributed by atoms with E-state index in [0.717, 1.165) is 31.2 Å². The van der Waals surface area contributed by atoms with Crippen molar-refractivity contribution in [2.75, 3.05) is 4.90 Å². The molecule has 0 aromatic heterocycles. The Bertz CT molecular complexity index is 1370. The van der Waals surface area contributed by atoms with Crippen LogP contribution in [0.3, 0.4) is 0 Å². The molecule has 3 aromatic carbocycles. The first kappa shape index (κ1) is 41.0. The van der Waals surface area contributed by atoms with Crippen molar-refractivity contribution < 1.29 is 13.5 Å². The molecule has 3 aromatic rings. The zero-order valence-corrected chi connectivity index (χ0v) is 35.2. The summed E-state index contributed by atoms with van der Waals surface area (Å²) < 4.78 is 1.92. The molecular formula is C44H63Cl2NRu-2. The van der Waals surface area contributed by atoms with E-state index in [1.165, 1.54) is 29.7 Å². The summed E-state index contributed by atoms with van der Waals surface area (Å²) in [6.07, 6.45) is 9.59.